The van der Waals surface area contributed by atoms with E-state index < -0.39 is 12.1 Å². The molecule has 0 spiro atoms. The quantitative estimate of drug-likeness (QED) is 0.630. The molecular weight excluding hydrogens is 264 g/mol. The lowest BCUT2D eigenvalue weighted by Gasteiger charge is -2.35. The molecule has 1 aliphatic heterocycles. The molecule has 2 amide bonds. The van der Waals surface area contributed by atoms with E-state index in [1.54, 1.807) is 4.90 Å². The Kier molecular flexibility index (Phi) is 7.32. The zero-order valence-electron chi connectivity index (χ0n) is 11.9. The van der Waals surface area contributed by atoms with Crippen molar-refractivity contribution >= 4 is 12.0 Å². The van der Waals surface area contributed by atoms with E-state index in [9.17, 15) is 9.59 Å². The van der Waals surface area contributed by atoms with Crippen molar-refractivity contribution in [1.82, 2.24) is 10.2 Å². The fraction of sp³-hybridized carbons (Fsp3) is 0.846. The van der Waals surface area contributed by atoms with E-state index >= 15 is 0 Å². The van der Waals surface area contributed by atoms with E-state index in [0.29, 0.717) is 13.0 Å². The number of carboxylic acids is 1. The van der Waals surface area contributed by atoms with Crippen LogP contribution in [0.25, 0.3) is 0 Å². The van der Waals surface area contributed by atoms with E-state index in [4.69, 9.17) is 14.9 Å². The molecule has 0 radical (unpaired) electrons. The van der Waals surface area contributed by atoms with Gasteiger partial charge in [0.15, 0.2) is 0 Å². The fourth-order valence-electron chi connectivity index (χ4n) is 2.45. The maximum Gasteiger partial charge on any atom is 0.317 e. The number of urea groups is 1. The van der Waals surface area contributed by atoms with Gasteiger partial charge in [0.25, 0.3) is 0 Å². The molecule has 0 bridgehead atoms. The Labute approximate surface area is 118 Å². The molecule has 1 fully saturated rings. The summed E-state index contributed by atoms with van der Waals surface area (Å²) in [6.45, 7) is 0.908. The Bertz CT molecular complexity index is 322. The van der Waals surface area contributed by atoms with Crippen molar-refractivity contribution in [1.29, 1.82) is 0 Å². The Morgan fingerprint density at radius 3 is 2.80 bits per heavy atom. The predicted octanol–water partition coefficient (Wildman–Crippen LogP) is 0.423. The summed E-state index contributed by atoms with van der Waals surface area (Å²) in [6, 6.07) is -0.148. The number of amides is 2. The number of carbonyl (C=O) groups excluding carboxylic acids is 1. The molecule has 0 saturated carbocycles. The highest BCUT2D eigenvalue weighted by Crippen LogP contribution is 2.19. The van der Waals surface area contributed by atoms with E-state index in [0.717, 1.165) is 19.3 Å². The first-order valence-electron chi connectivity index (χ1n) is 6.98. The summed E-state index contributed by atoms with van der Waals surface area (Å²) in [7, 11) is 1.43. The molecule has 1 rings (SSSR count). The van der Waals surface area contributed by atoms with Crippen LogP contribution < -0.4 is 5.32 Å². The Balaban J connectivity index is 2.44. The van der Waals surface area contributed by atoms with Crippen molar-refractivity contribution < 1.29 is 24.5 Å². The Morgan fingerprint density at radius 2 is 2.20 bits per heavy atom. The number of piperidine rings is 1. The summed E-state index contributed by atoms with van der Waals surface area (Å²) >= 11 is 0. The van der Waals surface area contributed by atoms with Crippen LogP contribution in [0.2, 0.25) is 0 Å². The average Bonchev–Trinajstić information content (AvgIpc) is 2.43. The van der Waals surface area contributed by atoms with Gasteiger partial charge < -0.3 is 25.2 Å². The first kappa shape index (κ1) is 16.7. The number of aliphatic hydroxyl groups is 1. The molecule has 7 nitrogen and oxygen atoms in total. The number of rotatable bonds is 7. The first-order chi connectivity index (χ1) is 9.58. The van der Waals surface area contributed by atoms with Crippen molar-refractivity contribution in [3.63, 3.8) is 0 Å². The van der Waals surface area contributed by atoms with Gasteiger partial charge in [0.2, 0.25) is 0 Å². The average molecular weight is 288 g/mol. The second-order valence-electron chi connectivity index (χ2n) is 5.00. The normalized spacial score (nSPS) is 20.5. The van der Waals surface area contributed by atoms with Crippen molar-refractivity contribution in [2.24, 2.45) is 0 Å². The van der Waals surface area contributed by atoms with Crippen LogP contribution in [0.15, 0.2) is 0 Å². The van der Waals surface area contributed by atoms with E-state index in [1.807, 2.05) is 0 Å². The molecule has 2 unspecified atom stereocenters. The van der Waals surface area contributed by atoms with Crippen molar-refractivity contribution in [3.8, 4) is 0 Å². The van der Waals surface area contributed by atoms with Crippen molar-refractivity contribution in [3.05, 3.63) is 0 Å². The minimum absolute atomic E-state index is 0.0636. The Morgan fingerprint density at radius 1 is 1.45 bits per heavy atom. The third-order valence-electron chi connectivity index (χ3n) is 3.57. The molecule has 1 saturated heterocycles. The third-order valence-corrected chi connectivity index (χ3v) is 3.57. The van der Waals surface area contributed by atoms with Crippen LogP contribution in [0.4, 0.5) is 4.79 Å². The van der Waals surface area contributed by atoms with Crippen LogP contribution >= 0.6 is 0 Å². The lowest BCUT2D eigenvalue weighted by Crippen LogP contribution is -2.50. The number of likely N-dealkylation sites (tertiary alicyclic amines) is 1. The zero-order valence-corrected chi connectivity index (χ0v) is 11.9. The SMILES string of the molecule is COC(CNC(=O)N1CCCCC1CCO)CC(=O)O. The molecule has 0 aromatic heterocycles. The van der Waals surface area contributed by atoms with Crippen LogP contribution in [0.1, 0.15) is 32.1 Å². The number of nitrogens with zero attached hydrogens (tertiary/aromatic N) is 1. The van der Waals surface area contributed by atoms with Gasteiger partial charge in [-0.25, -0.2) is 4.79 Å². The number of aliphatic carboxylic acids is 1. The van der Waals surface area contributed by atoms with E-state index in [2.05, 4.69) is 5.32 Å². The zero-order chi connectivity index (χ0) is 15.0. The van der Waals surface area contributed by atoms with Crippen LogP contribution in [-0.4, -0.2) is 66.1 Å². The highest BCUT2D eigenvalue weighted by Gasteiger charge is 2.26. The molecule has 7 heteroatoms. The molecule has 0 aliphatic carbocycles. The largest absolute Gasteiger partial charge is 0.481 e. The molecule has 116 valence electrons. The van der Waals surface area contributed by atoms with Crippen LogP contribution in [0.3, 0.4) is 0 Å². The van der Waals surface area contributed by atoms with Gasteiger partial charge in [-0.3, -0.25) is 4.79 Å². The molecule has 20 heavy (non-hydrogen) atoms. The van der Waals surface area contributed by atoms with Gasteiger partial charge in [-0.05, 0) is 25.7 Å². The Hall–Kier alpha value is -1.34. The second-order valence-corrected chi connectivity index (χ2v) is 5.00. The van der Waals surface area contributed by atoms with Gasteiger partial charge in [-0.15, -0.1) is 0 Å². The molecule has 3 N–H and O–H groups in total. The third kappa shape index (κ3) is 5.34. The molecular formula is C13H24N2O5. The van der Waals surface area contributed by atoms with E-state index in [1.165, 1.54) is 7.11 Å². The van der Waals surface area contributed by atoms with Gasteiger partial charge >= 0.3 is 12.0 Å². The van der Waals surface area contributed by atoms with Crippen molar-refractivity contribution in [2.45, 2.75) is 44.2 Å². The number of carbonyl (C=O) groups is 2. The molecule has 1 heterocycles. The number of nitrogens with one attached hydrogen (secondary N) is 1. The number of aliphatic hydroxyl groups excluding tert-OH is 1. The number of hydrogen-bond acceptors (Lipinski definition) is 4. The highest BCUT2D eigenvalue weighted by atomic mass is 16.5. The number of hydrogen-bond donors (Lipinski definition) is 3. The smallest absolute Gasteiger partial charge is 0.317 e. The number of ether oxygens (including phenoxy) is 1. The van der Waals surface area contributed by atoms with Crippen LogP contribution in [-0.2, 0) is 9.53 Å². The summed E-state index contributed by atoms with van der Waals surface area (Å²) in [4.78, 5) is 24.5. The van der Waals surface area contributed by atoms with Gasteiger partial charge in [-0.2, -0.15) is 0 Å². The van der Waals surface area contributed by atoms with E-state index in [-0.39, 0.29) is 31.6 Å². The second kappa shape index (κ2) is 8.76. The van der Waals surface area contributed by atoms with Gasteiger partial charge in [0.05, 0.1) is 12.5 Å². The van der Waals surface area contributed by atoms with Crippen LogP contribution in [0.5, 0.6) is 0 Å². The summed E-state index contributed by atoms with van der Waals surface area (Å²) in [5.41, 5.74) is 0. The molecule has 2 atom stereocenters. The van der Waals surface area contributed by atoms with Gasteiger partial charge in [0, 0.05) is 32.8 Å². The number of methoxy groups -OCH3 is 1. The lowest BCUT2D eigenvalue weighted by atomic mass is 10.0. The monoisotopic (exact) mass is 288 g/mol. The molecule has 1 aliphatic rings. The van der Waals surface area contributed by atoms with Crippen molar-refractivity contribution in [2.75, 3.05) is 26.8 Å². The minimum atomic E-state index is -0.956. The summed E-state index contributed by atoms with van der Waals surface area (Å²) < 4.78 is 5.02. The highest BCUT2D eigenvalue weighted by molar-refractivity contribution is 5.75. The van der Waals surface area contributed by atoms with Gasteiger partial charge in [-0.1, -0.05) is 0 Å². The molecule has 0 aromatic rings. The first-order valence-corrected chi connectivity index (χ1v) is 6.98. The minimum Gasteiger partial charge on any atom is -0.481 e. The predicted molar refractivity (Wildman–Crippen MR) is 72.5 cm³/mol. The maximum absolute atomic E-state index is 12.1. The number of carboxylic acid groups (broad SMARTS) is 1. The summed E-state index contributed by atoms with van der Waals surface area (Å²) in [5, 5.41) is 20.5. The lowest BCUT2D eigenvalue weighted by molar-refractivity contribution is -0.139. The standard InChI is InChI=1S/C13H24N2O5/c1-20-11(8-12(17)18)9-14-13(19)15-6-3-2-4-10(15)5-7-16/h10-11,16H,2-9H2,1H3,(H,14,19)(H,17,18). The fourth-order valence-corrected chi connectivity index (χ4v) is 2.45. The molecule has 0 aromatic carbocycles. The van der Waals surface area contributed by atoms with Gasteiger partial charge in [0.1, 0.15) is 0 Å². The van der Waals surface area contributed by atoms with Crippen LogP contribution in [0, 0.1) is 0 Å². The maximum atomic E-state index is 12.1. The summed E-state index contributed by atoms with van der Waals surface area (Å²) in [5.74, 6) is -0.956. The topological polar surface area (TPSA) is 99.1 Å². The summed E-state index contributed by atoms with van der Waals surface area (Å²) in [6.07, 6.45) is 2.83.